The minimum absolute atomic E-state index is 0.135. The third-order valence-electron chi connectivity index (χ3n) is 4.08. The zero-order chi connectivity index (χ0) is 14.7. The maximum Gasteiger partial charge on any atom is 0.224 e. The van der Waals surface area contributed by atoms with Gasteiger partial charge in [-0.2, -0.15) is 0 Å². The van der Waals surface area contributed by atoms with Crippen molar-refractivity contribution in [2.24, 2.45) is 11.7 Å². The summed E-state index contributed by atoms with van der Waals surface area (Å²) in [5.74, 6) is 0.688. The van der Waals surface area contributed by atoms with Gasteiger partial charge in [-0.1, -0.05) is 54.6 Å². The molecule has 1 saturated carbocycles. The lowest BCUT2D eigenvalue weighted by Crippen LogP contribution is -2.24. The summed E-state index contributed by atoms with van der Waals surface area (Å²) in [6.07, 6.45) is 0.960. The van der Waals surface area contributed by atoms with Crippen molar-refractivity contribution in [2.45, 2.75) is 25.4 Å². The predicted molar refractivity (Wildman–Crippen MR) is 83.5 cm³/mol. The second kappa shape index (κ2) is 6.10. The number of hydrogen-bond donors (Lipinski definition) is 2. The molecule has 3 N–H and O–H groups in total. The Morgan fingerprint density at radius 2 is 1.71 bits per heavy atom. The summed E-state index contributed by atoms with van der Waals surface area (Å²) in [6, 6.07) is 18.3. The Labute approximate surface area is 125 Å². The number of carbonyl (C=O) groups excluding carboxylic acids is 1. The molecule has 0 bridgehead atoms. The lowest BCUT2D eigenvalue weighted by atomic mass is 10.1. The van der Waals surface area contributed by atoms with E-state index < -0.39 is 0 Å². The van der Waals surface area contributed by atoms with Crippen LogP contribution in [0.15, 0.2) is 54.6 Å². The highest BCUT2D eigenvalue weighted by atomic mass is 16.2. The van der Waals surface area contributed by atoms with Crippen LogP contribution in [0.5, 0.6) is 0 Å². The standard InChI is InChI=1S/C18H20N2O/c19-11-13-6-8-14(9-7-13)12-20-18(21)17-10-16(17)15-4-2-1-3-5-15/h1-9,16-17H,10-12,19H2,(H,20,21). The summed E-state index contributed by atoms with van der Waals surface area (Å²) in [5.41, 5.74) is 9.06. The van der Waals surface area contributed by atoms with Crippen molar-refractivity contribution >= 4 is 5.91 Å². The molecule has 21 heavy (non-hydrogen) atoms. The number of amides is 1. The quantitative estimate of drug-likeness (QED) is 0.884. The van der Waals surface area contributed by atoms with E-state index in [1.807, 2.05) is 42.5 Å². The molecule has 3 heteroatoms. The molecular formula is C18H20N2O. The van der Waals surface area contributed by atoms with Gasteiger partial charge >= 0.3 is 0 Å². The molecular weight excluding hydrogens is 260 g/mol. The first-order valence-electron chi connectivity index (χ1n) is 7.38. The van der Waals surface area contributed by atoms with Gasteiger partial charge in [0.1, 0.15) is 0 Å². The van der Waals surface area contributed by atoms with Gasteiger partial charge < -0.3 is 11.1 Å². The summed E-state index contributed by atoms with van der Waals surface area (Å²) in [4.78, 5) is 12.2. The Balaban J connectivity index is 1.51. The summed E-state index contributed by atoms with van der Waals surface area (Å²) >= 11 is 0. The van der Waals surface area contributed by atoms with Gasteiger partial charge in [0.2, 0.25) is 5.91 Å². The highest BCUT2D eigenvalue weighted by Gasteiger charge is 2.43. The Morgan fingerprint density at radius 1 is 1.05 bits per heavy atom. The van der Waals surface area contributed by atoms with E-state index in [2.05, 4.69) is 17.4 Å². The average Bonchev–Trinajstić information content (AvgIpc) is 3.35. The summed E-state index contributed by atoms with van der Waals surface area (Å²) in [7, 11) is 0. The van der Waals surface area contributed by atoms with Crippen molar-refractivity contribution in [3.8, 4) is 0 Å². The molecule has 0 aliphatic heterocycles. The number of rotatable bonds is 5. The second-order valence-corrected chi connectivity index (χ2v) is 5.60. The first-order chi connectivity index (χ1) is 10.3. The Kier molecular flexibility index (Phi) is 4.02. The number of hydrogen-bond acceptors (Lipinski definition) is 2. The highest BCUT2D eigenvalue weighted by Crippen LogP contribution is 2.47. The van der Waals surface area contributed by atoms with Crippen LogP contribution in [0.3, 0.4) is 0 Å². The molecule has 3 rings (SSSR count). The van der Waals surface area contributed by atoms with Gasteiger partial charge in [-0.25, -0.2) is 0 Å². The second-order valence-electron chi connectivity index (χ2n) is 5.60. The molecule has 1 fully saturated rings. The number of nitrogens with one attached hydrogen (secondary N) is 1. The molecule has 2 aromatic rings. The van der Waals surface area contributed by atoms with Crippen LogP contribution in [-0.4, -0.2) is 5.91 Å². The fourth-order valence-corrected chi connectivity index (χ4v) is 2.67. The molecule has 2 atom stereocenters. The van der Waals surface area contributed by atoms with Crippen LogP contribution in [0.2, 0.25) is 0 Å². The van der Waals surface area contributed by atoms with E-state index in [1.54, 1.807) is 0 Å². The van der Waals surface area contributed by atoms with Crippen molar-refractivity contribution in [1.82, 2.24) is 5.32 Å². The lowest BCUT2D eigenvalue weighted by Gasteiger charge is -2.06. The maximum absolute atomic E-state index is 12.2. The minimum atomic E-state index is 0.135. The first-order valence-corrected chi connectivity index (χ1v) is 7.38. The van der Waals surface area contributed by atoms with E-state index in [4.69, 9.17) is 5.73 Å². The average molecular weight is 280 g/mol. The van der Waals surface area contributed by atoms with Crippen LogP contribution in [0, 0.1) is 5.92 Å². The summed E-state index contributed by atoms with van der Waals surface area (Å²) in [6.45, 7) is 1.13. The van der Waals surface area contributed by atoms with Crippen molar-refractivity contribution < 1.29 is 4.79 Å². The molecule has 0 aromatic heterocycles. The predicted octanol–water partition coefficient (Wildman–Crippen LogP) is 2.57. The zero-order valence-corrected chi connectivity index (χ0v) is 12.0. The molecule has 0 radical (unpaired) electrons. The summed E-state index contributed by atoms with van der Waals surface area (Å²) in [5, 5.41) is 3.03. The number of benzene rings is 2. The van der Waals surface area contributed by atoms with Gasteiger partial charge in [-0.05, 0) is 29.0 Å². The molecule has 2 aromatic carbocycles. The van der Waals surface area contributed by atoms with E-state index in [0.717, 1.165) is 17.5 Å². The molecule has 0 heterocycles. The van der Waals surface area contributed by atoms with E-state index in [-0.39, 0.29) is 11.8 Å². The van der Waals surface area contributed by atoms with Crippen molar-refractivity contribution in [3.63, 3.8) is 0 Å². The molecule has 1 aliphatic rings. The topological polar surface area (TPSA) is 55.1 Å². The van der Waals surface area contributed by atoms with Crippen molar-refractivity contribution in [3.05, 3.63) is 71.3 Å². The van der Waals surface area contributed by atoms with Gasteiger partial charge in [0.15, 0.2) is 0 Å². The highest BCUT2D eigenvalue weighted by molar-refractivity contribution is 5.82. The van der Waals surface area contributed by atoms with Crippen LogP contribution >= 0.6 is 0 Å². The fraction of sp³-hybridized carbons (Fsp3) is 0.278. The van der Waals surface area contributed by atoms with E-state index in [1.165, 1.54) is 5.56 Å². The van der Waals surface area contributed by atoms with Crippen molar-refractivity contribution in [1.29, 1.82) is 0 Å². The molecule has 0 spiro atoms. The van der Waals surface area contributed by atoms with Gasteiger partial charge in [0.25, 0.3) is 0 Å². The monoisotopic (exact) mass is 280 g/mol. The Bertz CT molecular complexity index is 607. The molecule has 2 unspecified atom stereocenters. The van der Waals surface area contributed by atoms with Gasteiger partial charge in [0, 0.05) is 19.0 Å². The molecule has 1 aliphatic carbocycles. The maximum atomic E-state index is 12.2. The number of nitrogens with two attached hydrogens (primary N) is 1. The Hall–Kier alpha value is -2.13. The lowest BCUT2D eigenvalue weighted by molar-refractivity contribution is -0.122. The largest absolute Gasteiger partial charge is 0.352 e. The molecule has 3 nitrogen and oxygen atoms in total. The van der Waals surface area contributed by atoms with Crippen LogP contribution in [0.25, 0.3) is 0 Å². The van der Waals surface area contributed by atoms with Crippen LogP contribution in [0.1, 0.15) is 29.0 Å². The smallest absolute Gasteiger partial charge is 0.224 e. The first kappa shape index (κ1) is 13.8. The fourth-order valence-electron chi connectivity index (χ4n) is 2.67. The molecule has 0 saturated heterocycles. The van der Waals surface area contributed by atoms with Gasteiger partial charge in [0.05, 0.1) is 0 Å². The van der Waals surface area contributed by atoms with Crippen molar-refractivity contribution in [2.75, 3.05) is 0 Å². The Morgan fingerprint density at radius 3 is 2.38 bits per heavy atom. The minimum Gasteiger partial charge on any atom is -0.352 e. The third-order valence-corrected chi connectivity index (χ3v) is 4.08. The van der Waals surface area contributed by atoms with E-state index >= 15 is 0 Å². The molecule has 1 amide bonds. The van der Waals surface area contributed by atoms with Gasteiger partial charge in [-0.15, -0.1) is 0 Å². The van der Waals surface area contributed by atoms with Crippen LogP contribution in [-0.2, 0) is 17.9 Å². The molecule has 108 valence electrons. The summed E-state index contributed by atoms with van der Waals surface area (Å²) < 4.78 is 0. The third kappa shape index (κ3) is 3.31. The number of carbonyl (C=O) groups is 1. The van der Waals surface area contributed by atoms with Crippen LogP contribution in [0.4, 0.5) is 0 Å². The SMILES string of the molecule is NCc1ccc(CNC(=O)C2CC2c2ccccc2)cc1. The normalized spacial score (nSPS) is 20.0. The van der Waals surface area contributed by atoms with E-state index in [0.29, 0.717) is 19.0 Å². The van der Waals surface area contributed by atoms with E-state index in [9.17, 15) is 4.79 Å². The van der Waals surface area contributed by atoms with Gasteiger partial charge in [-0.3, -0.25) is 4.79 Å². The zero-order valence-electron chi connectivity index (χ0n) is 12.0. The van der Waals surface area contributed by atoms with Crippen LogP contribution < -0.4 is 11.1 Å².